The van der Waals surface area contributed by atoms with Gasteiger partial charge in [-0.15, -0.1) is 0 Å². The molecule has 3 heteroatoms. The summed E-state index contributed by atoms with van der Waals surface area (Å²) >= 11 is 0. The van der Waals surface area contributed by atoms with Gasteiger partial charge in [0.1, 0.15) is 0 Å². The summed E-state index contributed by atoms with van der Waals surface area (Å²) < 4.78 is 0. The van der Waals surface area contributed by atoms with Crippen LogP contribution in [-0.4, -0.2) is 38.0 Å². The number of piperidine rings is 1. The Bertz CT molecular complexity index is 151. The highest BCUT2D eigenvalue weighted by molar-refractivity contribution is 5.75. The van der Waals surface area contributed by atoms with Gasteiger partial charge in [0.25, 0.3) is 0 Å². The molecule has 0 aliphatic carbocycles. The van der Waals surface area contributed by atoms with Gasteiger partial charge in [0.15, 0.2) is 0 Å². The predicted molar refractivity (Wildman–Crippen MR) is 48.9 cm³/mol. The lowest BCUT2D eigenvalue weighted by atomic mass is 9.94. The Morgan fingerprint density at radius 3 is 2.50 bits per heavy atom. The number of hydrogen-bond donors (Lipinski definition) is 1. The monoisotopic (exact) mass is 170 g/mol. The van der Waals surface area contributed by atoms with Crippen molar-refractivity contribution >= 4 is 5.91 Å². The molecule has 1 rings (SSSR count). The summed E-state index contributed by atoms with van der Waals surface area (Å²) in [6.45, 7) is 2.15. The zero-order valence-corrected chi connectivity index (χ0v) is 7.97. The minimum absolute atomic E-state index is 0.266. The molecule has 0 saturated carbocycles. The molecular weight excluding hydrogens is 152 g/mol. The number of hydrogen-bond acceptors (Lipinski definition) is 2. The summed E-state index contributed by atoms with van der Waals surface area (Å²) in [4.78, 5) is 13.0. The minimum Gasteiger partial charge on any atom is -0.349 e. The van der Waals surface area contributed by atoms with Crippen molar-refractivity contribution in [1.29, 1.82) is 0 Å². The van der Waals surface area contributed by atoms with Gasteiger partial charge in [-0.3, -0.25) is 4.79 Å². The van der Waals surface area contributed by atoms with Gasteiger partial charge >= 0.3 is 0 Å². The van der Waals surface area contributed by atoms with E-state index in [0.29, 0.717) is 5.92 Å². The molecule has 1 fully saturated rings. The third kappa shape index (κ3) is 2.81. The van der Waals surface area contributed by atoms with Crippen LogP contribution >= 0.6 is 0 Å². The van der Waals surface area contributed by atoms with E-state index in [0.717, 1.165) is 32.4 Å². The van der Waals surface area contributed by atoms with Crippen molar-refractivity contribution in [2.45, 2.75) is 19.3 Å². The zero-order valence-electron chi connectivity index (χ0n) is 7.97. The average molecular weight is 170 g/mol. The molecule has 70 valence electrons. The van der Waals surface area contributed by atoms with E-state index in [1.54, 1.807) is 4.90 Å². The quantitative estimate of drug-likeness (QED) is 0.653. The van der Waals surface area contributed by atoms with Gasteiger partial charge in [0, 0.05) is 20.5 Å². The molecule has 1 N–H and O–H groups in total. The van der Waals surface area contributed by atoms with Crippen molar-refractivity contribution in [3.63, 3.8) is 0 Å². The van der Waals surface area contributed by atoms with Crippen LogP contribution in [0.25, 0.3) is 0 Å². The number of amides is 1. The van der Waals surface area contributed by atoms with Crippen LogP contribution < -0.4 is 5.32 Å². The molecule has 0 aromatic carbocycles. The van der Waals surface area contributed by atoms with Gasteiger partial charge in [-0.1, -0.05) is 0 Å². The molecule has 0 spiro atoms. The highest BCUT2D eigenvalue weighted by Crippen LogP contribution is 2.16. The predicted octanol–water partition coefficient (Wildman–Crippen LogP) is 0.464. The molecule has 0 aromatic heterocycles. The number of carbonyl (C=O) groups is 1. The third-order valence-corrected chi connectivity index (χ3v) is 2.42. The van der Waals surface area contributed by atoms with Crippen molar-refractivity contribution in [3.05, 3.63) is 0 Å². The van der Waals surface area contributed by atoms with E-state index in [2.05, 4.69) is 5.32 Å². The molecule has 12 heavy (non-hydrogen) atoms. The molecule has 1 saturated heterocycles. The van der Waals surface area contributed by atoms with Crippen LogP contribution in [0.3, 0.4) is 0 Å². The maximum atomic E-state index is 11.3. The topological polar surface area (TPSA) is 32.3 Å². The lowest BCUT2D eigenvalue weighted by Crippen LogP contribution is -2.31. The summed E-state index contributed by atoms with van der Waals surface area (Å²) in [5.41, 5.74) is 0. The van der Waals surface area contributed by atoms with Gasteiger partial charge in [-0.05, 0) is 31.8 Å². The Hall–Kier alpha value is -0.570. The summed E-state index contributed by atoms with van der Waals surface area (Å²) in [6.07, 6.45) is 3.04. The van der Waals surface area contributed by atoms with E-state index in [9.17, 15) is 4.79 Å². The van der Waals surface area contributed by atoms with Gasteiger partial charge in [0.2, 0.25) is 5.91 Å². The smallest absolute Gasteiger partial charge is 0.222 e. The van der Waals surface area contributed by atoms with Gasteiger partial charge in [0.05, 0.1) is 0 Å². The SMILES string of the molecule is CN(C)C(=O)CC1CCNCC1. The van der Waals surface area contributed by atoms with Crippen molar-refractivity contribution < 1.29 is 4.79 Å². The first-order valence-corrected chi connectivity index (χ1v) is 4.61. The largest absolute Gasteiger partial charge is 0.349 e. The van der Waals surface area contributed by atoms with Gasteiger partial charge in [-0.2, -0.15) is 0 Å². The van der Waals surface area contributed by atoms with E-state index in [1.807, 2.05) is 14.1 Å². The van der Waals surface area contributed by atoms with E-state index in [1.165, 1.54) is 0 Å². The number of nitrogens with zero attached hydrogens (tertiary/aromatic N) is 1. The minimum atomic E-state index is 0.266. The molecule has 0 bridgehead atoms. The normalized spacial score (nSPS) is 19.2. The summed E-state index contributed by atoms with van der Waals surface area (Å²) in [5, 5.41) is 3.29. The zero-order chi connectivity index (χ0) is 8.97. The van der Waals surface area contributed by atoms with Crippen LogP contribution in [0.1, 0.15) is 19.3 Å². The fraction of sp³-hybridized carbons (Fsp3) is 0.889. The van der Waals surface area contributed by atoms with Gasteiger partial charge < -0.3 is 10.2 Å². The van der Waals surface area contributed by atoms with Gasteiger partial charge in [-0.25, -0.2) is 0 Å². The number of carbonyl (C=O) groups excluding carboxylic acids is 1. The molecule has 3 nitrogen and oxygen atoms in total. The third-order valence-electron chi connectivity index (χ3n) is 2.42. The van der Waals surface area contributed by atoms with Crippen LogP contribution in [0, 0.1) is 5.92 Å². The van der Waals surface area contributed by atoms with E-state index in [4.69, 9.17) is 0 Å². The first kappa shape index (κ1) is 9.52. The van der Waals surface area contributed by atoms with Crippen molar-refractivity contribution in [3.8, 4) is 0 Å². The molecule has 1 heterocycles. The lowest BCUT2D eigenvalue weighted by Gasteiger charge is -2.23. The van der Waals surface area contributed by atoms with Crippen molar-refractivity contribution in [2.75, 3.05) is 27.2 Å². The van der Waals surface area contributed by atoms with E-state index >= 15 is 0 Å². The Balaban J connectivity index is 2.24. The first-order valence-electron chi connectivity index (χ1n) is 4.61. The molecule has 1 aliphatic rings. The lowest BCUT2D eigenvalue weighted by molar-refractivity contribution is -0.129. The summed E-state index contributed by atoms with van der Waals surface area (Å²) in [5.74, 6) is 0.878. The molecule has 0 aromatic rings. The first-order chi connectivity index (χ1) is 5.70. The molecule has 0 unspecified atom stereocenters. The molecule has 1 aliphatic heterocycles. The molecule has 0 atom stereocenters. The van der Waals surface area contributed by atoms with E-state index < -0.39 is 0 Å². The Morgan fingerprint density at radius 2 is 2.00 bits per heavy atom. The number of rotatable bonds is 2. The Kier molecular flexibility index (Phi) is 3.53. The van der Waals surface area contributed by atoms with Crippen LogP contribution in [0.2, 0.25) is 0 Å². The Morgan fingerprint density at radius 1 is 1.42 bits per heavy atom. The van der Waals surface area contributed by atoms with Crippen LogP contribution in [-0.2, 0) is 4.79 Å². The average Bonchev–Trinajstić information content (AvgIpc) is 2.06. The highest BCUT2D eigenvalue weighted by Gasteiger charge is 2.17. The maximum absolute atomic E-state index is 11.3. The molecule has 0 radical (unpaired) electrons. The summed E-state index contributed by atoms with van der Waals surface area (Å²) in [7, 11) is 3.65. The van der Waals surface area contributed by atoms with Crippen LogP contribution in [0.4, 0.5) is 0 Å². The second kappa shape index (κ2) is 4.45. The van der Waals surface area contributed by atoms with Crippen LogP contribution in [0.15, 0.2) is 0 Å². The maximum Gasteiger partial charge on any atom is 0.222 e. The van der Waals surface area contributed by atoms with E-state index in [-0.39, 0.29) is 5.91 Å². The Labute approximate surface area is 74.1 Å². The van der Waals surface area contributed by atoms with Crippen LogP contribution in [0.5, 0.6) is 0 Å². The van der Waals surface area contributed by atoms with Crippen molar-refractivity contribution in [1.82, 2.24) is 10.2 Å². The second-order valence-corrected chi connectivity index (χ2v) is 3.69. The fourth-order valence-corrected chi connectivity index (χ4v) is 1.52. The highest BCUT2D eigenvalue weighted by atomic mass is 16.2. The standard InChI is InChI=1S/C9H18N2O/c1-11(2)9(12)7-8-3-5-10-6-4-8/h8,10H,3-7H2,1-2H3. The summed E-state index contributed by atoms with van der Waals surface area (Å²) in [6, 6.07) is 0. The molecule has 1 amide bonds. The van der Waals surface area contributed by atoms with Crippen molar-refractivity contribution in [2.24, 2.45) is 5.92 Å². The number of nitrogens with one attached hydrogen (secondary N) is 1. The molecular formula is C9H18N2O. The second-order valence-electron chi connectivity index (χ2n) is 3.69. The fourth-order valence-electron chi connectivity index (χ4n) is 1.52.